The Morgan fingerprint density at radius 1 is 0.812 bits per heavy atom. The number of benzene rings is 2. The van der Waals surface area contributed by atoms with E-state index in [0.29, 0.717) is 0 Å². The van der Waals surface area contributed by atoms with Gasteiger partial charge in [-0.25, -0.2) is 13.2 Å². The highest BCUT2D eigenvalue weighted by Crippen LogP contribution is 2.27. The minimum atomic E-state index is -0.874. The minimum Gasteiger partial charge on any atom is -0.505 e. The average molecular weight is 224 g/mol. The van der Waals surface area contributed by atoms with E-state index in [2.05, 4.69) is 0 Å². The van der Waals surface area contributed by atoms with Crippen molar-refractivity contribution in [2.45, 2.75) is 0 Å². The zero-order valence-electron chi connectivity index (χ0n) is 8.05. The third-order valence-corrected chi connectivity index (χ3v) is 2.19. The molecule has 0 aliphatic carbocycles. The molecule has 2 aromatic rings. The summed E-state index contributed by atoms with van der Waals surface area (Å²) in [5.74, 6) is -2.65. The average Bonchev–Trinajstić information content (AvgIpc) is 2.26. The molecule has 1 nitrogen and oxygen atoms in total. The number of hydrogen-bond donors (Lipinski definition) is 1. The molecule has 0 fully saturated rings. The van der Waals surface area contributed by atoms with Crippen LogP contribution in [0.5, 0.6) is 5.75 Å². The van der Waals surface area contributed by atoms with E-state index in [1.54, 1.807) is 0 Å². The second-order valence-corrected chi connectivity index (χ2v) is 3.29. The monoisotopic (exact) mass is 224 g/mol. The van der Waals surface area contributed by atoms with Crippen molar-refractivity contribution in [3.05, 3.63) is 53.8 Å². The summed E-state index contributed by atoms with van der Waals surface area (Å²) in [5.41, 5.74) is 0.131. The van der Waals surface area contributed by atoms with E-state index in [9.17, 15) is 13.2 Å². The van der Waals surface area contributed by atoms with Crippen molar-refractivity contribution in [2.24, 2.45) is 0 Å². The zero-order chi connectivity index (χ0) is 11.7. The molecule has 16 heavy (non-hydrogen) atoms. The molecule has 0 saturated carbocycles. The van der Waals surface area contributed by atoms with E-state index < -0.39 is 23.2 Å². The summed E-state index contributed by atoms with van der Waals surface area (Å²) in [6.45, 7) is 0. The Hall–Kier alpha value is -1.97. The van der Waals surface area contributed by atoms with E-state index in [1.807, 2.05) is 0 Å². The lowest BCUT2D eigenvalue weighted by molar-refractivity contribution is 0.432. The fourth-order valence-corrected chi connectivity index (χ4v) is 1.39. The van der Waals surface area contributed by atoms with Crippen molar-refractivity contribution in [1.29, 1.82) is 0 Å². The molecule has 0 saturated heterocycles. The van der Waals surface area contributed by atoms with Crippen molar-refractivity contribution in [1.82, 2.24) is 0 Å². The fourth-order valence-electron chi connectivity index (χ4n) is 1.39. The van der Waals surface area contributed by atoms with E-state index in [0.717, 1.165) is 30.3 Å². The molecular weight excluding hydrogens is 217 g/mol. The molecule has 82 valence electrons. The SMILES string of the molecule is Oc1ccc(-c2cc(F)ccc2F)cc1F. The normalized spacial score (nSPS) is 10.4. The molecule has 0 bridgehead atoms. The first-order valence-electron chi connectivity index (χ1n) is 4.52. The van der Waals surface area contributed by atoms with Gasteiger partial charge in [-0.15, -0.1) is 0 Å². The van der Waals surface area contributed by atoms with Gasteiger partial charge in [-0.2, -0.15) is 0 Å². The van der Waals surface area contributed by atoms with Gasteiger partial charge in [0.1, 0.15) is 11.6 Å². The van der Waals surface area contributed by atoms with Crippen LogP contribution in [-0.2, 0) is 0 Å². The van der Waals surface area contributed by atoms with Gasteiger partial charge in [0, 0.05) is 5.56 Å². The lowest BCUT2D eigenvalue weighted by Crippen LogP contribution is -1.87. The van der Waals surface area contributed by atoms with E-state index >= 15 is 0 Å². The Kier molecular flexibility index (Phi) is 2.56. The Morgan fingerprint density at radius 2 is 1.56 bits per heavy atom. The summed E-state index contributed by atoms with van der Waals surface area (Å²) in [6.07, 6.45) is 0. The van der Waals surface area contributed by atoms with Gasteiger partial charge in [0.15, 0.2) is 11.6 Å². The molecule has 0 aliphatic heterocycles. The van der Waals surface area contributed by atoms with Crippen LogP contribution in [0.15, 0.2) is 36.4 Å². The molecule has 0 aromatic heterocycles. The largest absolute Gasteiger partial charge is 0.505 e. The van der Waals surface area contributed by atoms with Gasteiger partial charge in [0.05, 0.1) is 0 Å². The van der Waals surface area contributed by atoms with Gasteiger partial charge in [-0.05, 0) is 35.9 Å². The Bertz CT molecular complexity index is 538. The van der Waals surface area contributed by atoms with Gasteiger partial charge in [0.25, 0.3) is 0 Å². The third kappa shape index (κ3) is 1.86. The standard InChI is InChI=1S/C12H7F3O/c13-8-2-3-10(14)9(6-8)7-1-4-12(16)11(15)5-7/h1-6,16H. The molecule has 0 spiro atoms. The van der Waals surface area contributed by atoms with Crippen molar-refractivity contribution >= 4 is 0 Å². The topological polar surface area (TPSA) is 20.2 Å². The van der Waals surface area contributed by atoms with Gasteiger partial charge in [-0.3, -0.25) is 0 Å². The van der Waals surface area contributed by atoms with E-state index in [-0.39, 0.29) is 11.1 Å². The predicted molar refractivity (Wildman–Crippen MR) is 53.4 cm³/mol. The van der Waals surface area contributed by atoms with E-state index in [4.69, 9.17) is 5.11 Å². The van der Waals surface area contributed by atoms with Crippen LogP contribution in [0.4, 0.5) is 13.2 Å². The van der Waals surface area contributed by atoms with Gasteiger partial charge in [-0.1, -0.05) is 6.07 Å². The highest BCUT2D eigenvalue weighted by atomic mass is 19.1. The molecule has 0 amide bonds. The van der Waals surface area contributed by atoms with Crippen molar-refractivity contribution < 1.29 is 18.3 Å². The van der Waals surface area contributed by atoms with Crippen LogP contribution in [0.3, 0.4) is 0 Å². The van der Waals surface area contributed by atoms with Crippen LogP contribution in [0.1, 0.15) is 0 Å². The summed E-state index contributed by atoms with van der Waals surface area (Å²) in [5, 5.41) is 8.97. The Labute approximate surface area is 89.8 Å². The van der Waals surface area contributed by atoms with Gasteiger partial charge >= 0.3 is 0 Å². The smallest absolute Gasteiger partial charge is 0.165 e. The quantitative estimate of drug-likeness (QED) is 0.786. The lowest BCUT2D eigenvalue weighted by atomic mass is 10.0. The van der Waals surface area contributed by atoms with Crippen LogP contribution in [0.2, 0.25) is 0 Å². The second kappa shape index (κ2) is 3.89. The number of halogens is 3. The maximum absolute atomic E-state index is 13.3. The second-order valence-electron chi connectivity index (χ2n) is 3.29. The maximum Gasteiger partial charge on any atom is 0.165 e. The number of phenolic OH excluding ortho intramolecular Hbond substituents is 1. The molecule has 0 atom stereocenters. The third-order valence-electron chi connectivity index (χ3n) is 2.19. The molecule has 0 radical (unpaired) electrons. The number of aromatic hydroxyl groups is 1. The lowest BCUT2D eigenvalue weighted by Gasteiger charge is -2.04. The van der Waals surface area contributed by atoms with Crippen molar-refractivity contribution in [2.75, 3.05) is 0 Å². The van der Waals surface area contributed by atoms with Crippen LogP contribution < -0.4 is 0 Å². The van der Waals surface area contributed by atoms with Gasteiger partial charge < -0.3 is 5.11 Å². The van der Waals surface area contributed by atoms with Crippen LogP contribution >= 0.6 is 0 Å². The predicted octanol–water partition coefficient (Wildman–Crippen LogP) is 3.48. The van der Waals surface area contributed by atoms with Crippen LogP contribution in [0, 0.1) is 17.5 Å². The number of hydrogen-bond acceptors (Lipinski definition) is 1. The molecule has 0 unspecified atom stereocenters. The molecule has 1 N–H and O–H groups in total. The summed E-state index contributed by atoms with van der Waals surface area (Å²) >= 11 is 0. The van der Waals surface area contributed by atoms with Crippen molar-refractivity contribution in [3.8, 4) is 16.9 Å². The fraction of sp³-hybridized carbons (Fsp3) is 0. The van der Waals surface area contributed by atoms with Crippen molar-refractivity contribution in [3.63, 3.8) is 0 Å². The summed E-state index contributed by atoms with van der Waals surface area (Å²) in [4.78, 5) is 0. The highest BCUT2D eigenvalue weighted by molar-refractivity contribution is 5.65. The minimum absolute atomic E-state index is 0.0427. The Morgan fingerprint density at radius 3 is 2.25 bits per heavy atom. The maximum atomic E-state index is 13.3. The molecule has 0 heterocycles. The zero-order valence-corrected chi connectivity index (χ0v) is 8.05. The first kappa shape index (κ1) is 10.5. The first-order valence-corrected chi connectivity index (χ1v) is 4.52. The summed E-state index contributed by atoms with van der Waals surface area (Å²) in [6, 6.07) is 6.28. The molecule has 2 rings (SSSR count). The van der Waals surface area contributed by atoms with Gasteiger partial charge in [0.2, 0.25) is 0 Å². The molecule has 4 heteroatoms. The van der Waals surface area contributed by atoms with Crippen LogP contribution in [0.25, 0.3) is 11.1 Å². The number of phenols is 1. The van der Waals surface area contributed by atoms with E-state index in [1.165, 1.54) is 6.07 Å². The molecular formula is C12H7F3O. The molecule has 2 aromatic carbocycles. The molecule has 0 aliphatic rings. The first-order chi connectivity index (χ1) is 7.58. The Balaban J connectivity index is 2.58. The van der Waals surface area contributed by atoms with Crippen LogP contribution in [-0.4, -0.2) is 5.11 Å². The summed E-state index contributed by atoms with van der Waals surface area (Å²) in [7, 11) is 0. The summed E-state index contributed by atoms with van der Waals surface area (Å²) < 4.78 is 39.3. The highest BCUT2D eigenvalue weighted by Gasteiger charge is 2.09. The number of rotatable bonds is 1.